The molecule has 4 heterocycles. The Morgan fingerprint density at radius 3 is 2.87 bits per heavy atom. The van der Waals surface area contributed by atoms with Gasteiger partial charge in [0.2, 0.25) is 5.91 Å². The number of rotatable bonds is 4. The van der Waals surface area contributed by atoms with E-state index < -0.39 is 0 Å². The fraction of sp³-hybridized carbons (Fsp3) is 0.333. The highest BCUT2D eigenvalue weighted by Gasteiger charge is 2.24. The number of benzene rings is 1. The molecule has 154 valence electrons. The lowest BCUT2D eigenvalue weighted by Gasteiger charge is -2.34. The standard InChI is InChI=1S/C21H21N5O3S/c27-18-6-3-14-12-15(4-5-16(14)23-18)29-13-19(28)25-8-10-26(11-9-25)21-24-17-2-1-7-22-20(17)30-21/h1-2,4-5,7,12H,3,6,8-11,13H2,(H,23,27). The summed E-state index contributed by atoms with van der Waals surface area (Å²) in [4.78, 5) is 38.0. The van der Waals surface area contributed by atoms with E-state index in [2.05, 4.69) is 20.2 Å². The van der Waals surface area contributed by atoms with Crippen LogP contribution in [0.25, 0.3) is 10.3 Å². The Morgan fingerprint density at radius 1 is 1.17 bits per heavy atom. The molecule has 0 spiro atoms. The molecule has 1 aromatic carbocycles. The second-order valence-corrected chi connectivity index (χ2v) is 8.30. The molecule has 1 N–H and O–H groups in total. The van der Waals surface area contributed by atoms with Crippen LogP contribution in [0.3, 0.4) is 0 Å². The minimum absolute atomic E-state index is 0.0101. The van der Waals surface area contributed by atoms with E-state index in [1.165, 1.54) is 0 Å². The first-order valence-electron chi connectivity index (χ1n) is 9.95. The van der Waals surface area contributed by atoms with Crippen LogP contribution in [-0.2, 0) is 16.0 Å². The molecule has 2 aliphatic rings. The van der Waals surface area contributed by atoms with Gasteiger partial charge in [0, 0.05) is 44.5 Å². The zero-order valence-corrected chi connectivity index (χ0v) is 17.2. The van der Waals surface area contributed by atoms with Crippen LogP contribution in [0.5, 0.6) is 5.75 Å². The third-order valence-electron chi connectivity index (χ3n) is 5.39. The van der Waals surface area contributed by atoms with Gasteiger partial charge in [0.15, 0.2) is 11.7 Å². The van der Waals surface area contributed by atoms with Crippen molar-refractivity contribution in [2.45, 2.75) is 12.8 Å². The van der Waals surface area contributed by atoms with Gasteiger partial charge in [-0.2, -0.15) is 0 Å². The SMILES string of the molecule is O=C1CCc2cc(OCC(=O)N3CCN(c4nc5cccnc5s4)CC3)ccc2N1. The summed E-state index contributed by atoms with van der Waals surface area (Å²) in [7, 11) is 0. The first kappa shape index (κ1) is 18.8. The lowest BCUT2D eigenvalue weighted by Crippen LogP contribution is -2.50. The number of piperazine rings is 1. The molecule has 2 amide bonds. The second kappa shape index (κ2) is 7.91. The highest BCUT2D eigenvalue weighted by molar-refractivity contribution is 7.21. The van der Waals surface area contributed by atoms with Crippen LogP contribution in [0.2, 0.25) is 0 Å². The van der Waals surface area contributed by atoms with Crippen molar-refractivity contribution >= 4 is 44.3 Å². The summed E-state index contributed by atoms with van der Waals surface area (Å²) in [5, 5.41) is 3.80. The number of nitrogens with one attached hydrogen (secondary N) is 1. The van der Waals surface area contributed by atoms with Gasteiger partial charge < -0.3 is 19.9 Å². The monoisotopic (exact) mass is 423 g/mol. The number of pyridine rings is 1. The highest BCUT2D eigenvalue weighted by Crippen LogP contribution is 2.28. The number of hydrogen-bond acceptors (Lipinski definition) is 7. The van der Waals surface area contributed by atoms with Crippen molar-refractivity contribution in [3.8, 4) is 5.75 Å². The zero-order valence-electron chi connectivity index (χ0n) is 16.3. The molecule has 0 saturated carbocycles. The summed E-state index contributed by atoms with van der Waals surface area (Å²) in [6.07, 6.45) is 2.94. The first-order valence-corrected chi connectivity index (χ1v) is 10.8. The lowest BCUT2D eigenvalue weighted by molar-refractivity contribution is -0.133. The average Bonchev–Trinajstić information content (AvgIpc) is 3.22. The van der Waals surface area contributed by atoms with Gasteiger partial charge in [-0.1, -0.05) is 11.3 Å². The fourth-order valence-electron chi connectivity index (χ4n) is 3.73. The number of thiazole rings is 1. The predicted molar refractivity (Wildman–Crippen MR) is 115 cm³/mol. The van der Waals surface area contributed by atoms with Gasteiger partial charge in [0.25, 0.3) is 5.91 Å². The van der Waals surface area contributed by atoms with Crippen LogP contribution in [0.15, 0.2) is 36.5 Å². The maximum absolute atomic E-state index is 12.6. The largest absolute Gasteiger partial charge is 0.484 e. The van der Waals surface area contributed by atoms with Crippen molar-refractivity contribution in [3.63, 3.8) is 0 Å². The molecule has 8 nitrogen and oxygen atoms in total. The maximum atomic E-state index is 12.6. The van der Waals surface area contributed by atoms with Crippen LogP contribution in [0.1, 0.15) is 12.0 Å². The highest BCUT2D eigenvalue weighted by atomic mass is 32.1. The maximum Gasteiger partial charge on any atom is 0.260 e. The quantitative estimate of drug-likeness (QED) is 0.693. The molecular formula is C21H21N5O3S. The lowest BCUT2D eigenvalue weighted by atomic mass is 10.0. The van der Waals surface area contributed by atoms with Crippen LogP contribution in [0, 0.1) is 0 Å². The Labute approximate surface area is 177 Å². The first-order chi connectivity index (χ1) is 14.7. The van der Waals surface area contributed by atoms with Crippen molar-refractivity contribution in [1.82, 2.24) is 14.9 Å². The van der Waals surface area contributed by atoms with Gasteiger partial charge in [-0.15, -0.1) is 0 Å². The van der Waals surface area contributed by atoms with Crippen molar-refractivity contribution < 1.29 is 14.3 Å². The minimum atomic E-state index is -0.0216. The van der Waals surface area contributed by atoms with Crippen LogP contribution in [0.4, 0.5) is 10.8 Å². The van der Waals surface area contributed by atoms with Gasteiger partial charge >= 0.3 is 0 Å². The number of carbonyl (C=O) groups is 2. The number of amides is 2. The van der Waals surface area contributed by atoms with Crippen molar-refractivity contribution in [1.29, 1.82) is 0 Å². The molecule has 2 aliphatic heterocycles. The summed E-state index contributed by atoms with van der Waals surface area (Å²) >= 11 is 1.58. The summed E-state index contributed by atoms with van der Waals surface area (Å²) in [5.74, 6) is 0.665. The Hall–Kier alpha value is -3.20. The number of nitrogens with zero attached hydrogens (tertiary/aromatic N) is 4. The molecule has 30 heavy (non-hydrogen) atoms. The number of anilines is 2. The van der Waals surface area contributed by atoms with Crippen molar-refractivity contribution in [2.24, 2.45) is 0 Å². The van der Waals surface area contributed by atoms with Gasteiger partial charge in [-0.05, 0) is 42.3 Å². The second-order valence-electron chi connectivity index (χ2n) is 7.35. The normalized spacial score (nSPS) is 16.3. The molecule has 0 radical (unpaired) electrons. The zero-order chi connectivity index (χ0) is 20.5. The van der Waals surface area contributed by atoms with E-state index in [0.29, 0.717) is 31.7 Å². The Kier molecular flexibility index (Phi) is 4.96. The third kappa shape index (κ3) is 3.80. The smallest absolute Gasteiger partial charge is 0.260 e. The van der Waals surface area contributed by atoms with E-state index >= 15 is 0 Å². The van der Waals surface area contributed by atoms with Gasteiger partial charge in [0.1, 0.15) is 16.1 Å². The van der Waals surface area contributed by atoms with Crippen LogP contribution < -0.4 is 15.0 Å². The number of aromatic nitrogens is 2. The summed E-state index contributed by atoms with van der Waals surface area (Å²) in [6, 6.07) is 9.38. The molecular weight excluding hydrogens is 402 g/mol. The number of aryl methyl sites for hydroxylation is 1. The van der Waals surface area contributed by atoms with Gasteiger partial charge in [-0.25, -0.2) is 9.97 Å². The number of ether oxygens (including phenoxy) is 1. The van der Waals surface area contributed by atoms with E-state index in [-0.39, 0.29) is 18.4 Å². The Morgan fingerprint density at radius 2 is 2.03 bits per heavy atom. The molecule has 9 heteroatoms. The van der Waals surface area contributed by atoms with E-state index in [9.17, 15) is 9.59 Å². The van der Waals surface area contributed by atoms with Gasteiger partial charge in [-0.3, -0.25) is 9.59 Å². The minimum Gasteiger partial charge on any atom is -0.484 e. The van der Waals surface area contributed by atoms with E-state index in [4.69, 9.17) is 4.74 Å². The average molecular weight is 423 g/mol. The molecule has 0 bridgehead atoms. The number of hydrogen-bond donors (Lipinski definition) is 1. The molecule has 3 aromatic rings. The van der Waals surface area contributed by atoms with Crippen LogP contribution in [-0.4, -0.2) is 59.5 Å². The fourth-order valence-corrected chi connectivity index (χ4v) is 4.69. The van der Waals surface area contributed by atoms with E-state index in [1.807, 2.05) is 29.2 Å². The number of carbonyl (C=O) groups excluding carboxylic acids is 2. The third-order valence-corrected chi connectivity index (χ3v) is 6.43. The molecule has 5 rings (SSSR count). The molecule has 0 unspecified atom stereocenters. The van der Waals surface area contributed by atoms with E-state index in [0.717, 1.165) is 39.8 Å². The predicted octanol–water partition coefficient (Wildman–Crippen LogP) is 2.30. The van der Waals surface area contributed by atoms with Crippen molar-refractivity contribution in [2.75, 3.05) is 43.0 Å². The van der Waals surface area contributed by atoms with Gasteiger partial charge in [0.05, 0.1) is 0 Å². The molecule has 1 fully saturated rings. The summed E-state index contributed by atoms with van der Waals surface area (Å²) in [6.45, 7) is 2.77. The molecule has 0 aliphatic carbocycles. The number of fused-ring (bicyclic) bond motifs is 2. The topological polar surface area (TPSA) is 87.7 Å². The molecule has 0 atom stereocenters. The van der Waals surface area contributed by atoms with E-state index in [1.54, 1.807) is 23.6 Å². The Bertz CT molecular complexity index is 1070. The summed E-state index contributed by atoms with van der Waals surface area (Å²) in [5.41, 5.74) is 2.78. The Balaban J connectivity index is 1.15. The van der Waals surface area contributed by atoms with Crippen molar-refractivity contribution in [3.05, 3.63) is 42.1 Å². The molecule has 1 saturated heterocycles. The summed E-state index contributed by atoms with van der Waals surface area (Å²) < 4.78 is 5.73. The molecule has 2 aromatic heterocycles. The van der Waals surface area contributed by atoms with Crippen LogP contribution >= 0.6 is 11.3 Å².